The SMILES string of the molecule is Cc1nc2ncccc2cc1C(=O)NCc1ccc(N2CCN(C)CC2)c(C(F)(F)F)c1.Cc1nc2ncccc2cc1C(=O)NCc1ccc(OC2CCOCC2)c(C(F)(F)F)c1. The minimum atomic E-state index is -4.58. The number of hydrogen-bond acceptors (Lipinski definition) is 10. The molecule has 0 spiro atoms. The number of halogens is 6. The van der Waals surface area contributed by atoms with Crippen molar-refractivity contribution < 1.29 is 45.4 Å². The smallest absolute Gasteiger partial charge is 0.419 e. The lowest BCUT2D eigenvalue weighted by molar-refractivity contribution is -0.139. The van der Waals surface area contributed by atoms with Gasteiger partial charge in [-0.25, -0.2) is 19.9 Å². The molecule has 6 heterocycles. The van der Waals surface area contributed by atoms with E-state index in [1.165, 1.54) is 18.2 Å². The number of pyridine rings is 4. The molecular weight excluding hydrogens is 843 g/mol. The first-order valence-electron chi connectivity index (χ1n) is 20.6. The van der Waals surface area contributed by atoms with E-state index in [-0.39, 0.29) is 30.6 Å². The number of rotatable bonds is 9. The summed E-state index contributed by atoms with van der Waals surface area (Å²) in [6.45, 7) is 6.75. The molecule has 6 aromatic rings. The topological polar surface area (TPSA) is 135 Å². The van der Waals surface area contributed by atoms with Crippen molar-refractivity contribution in [3.05, 3.63) is 130 Å². The van der Waals surface area contributed by atoms with Gasteiger partial charge in [0.25, 0.3) is 11.8 Å². The van der Waals surface area contributed by atoms with Gasteiger partial charge in [-0.15, -0.1) is 0 Å². The largest absolute Gasteiger partial charge is 0.490 e. The minimum absolute atomic E-state index is 0.0184. The van der Waals surface area contributed by atoms with Gasteiger partial charge in [-0.1, -0.05) is 12.1 Å². The summed E-state index contributed by atoms with van der Waals surface area (Å²) in [6, 6.07) is 18.6. The van der Waals surface area contributed by atoms with Gasteiger partial charge in [-0.3, -0.25) is 9.59 Å². The maximum atomic E-state index is 13.8. The highest BCUT2D eigenvalue weighted by molar-refractivity contribution is 5.99. The summed E-state index contributed by atoms with van der Waals surface area (Å²) >= 11 is 0. The lowest BCUT2D eigenvalue weighted by atomic mass is 10.1. The first-order chi connectivity index (χ1) is 30.5. The van der Waals surface area contributed by atoms with Crippen LogP contribution in [0.1, 0.15) is 67.2 Å². The Morgan fingerprint density at radius 2 is 1.20 bits per heavy atom. The Labute approximate surface area is 365 Å². The van der Waals surface area contributed by atoms with Gasteiger partial charge in [-0.05, 0) is 92.7 Å². The van der Waals surface area contributed by atoms with E-state index in [4.69, 9.17) is 9.47 Å². The van der Waals surface area contributed by atoms with Crippen molar-refractivity contribution in [3.63, 3.8) is 0 Å². The van der Waals surface area contributed by atoms with Crippen LogP contribution in [0.4, 0.5) is 32.0 Å². The van der Waals surface area contributed by atoms with Crippen molar-refractivity contribution >= 4 is 39.6 Å². The number of carbonyl (C=O) groups excluding carboxylic acids is 2. The van der Waals surface area contributed by atoms with Gasteiger partial charge >= 0.3 is 12.4 Å². The van der Waals surface area contributed by atoms with Gasteiger partial charge in [0.05, 0.1) is 46.9 Å². The Kier molecular flexibility index (Phi) is 13.9. The zero-order valence-corrected chi connectivity index (χ0v) is 35.3. The molecule has 0 saturated carbocycles. The number of alkyl halides is 6. The molecule has 2 aliphatic rings. The van der Waals surface area contributed by atoms with Gasteiger partial charge in [0.15, 0.2) is 11.3 Å². The van der Waals surface area contributed by atoms with E-state index in [0.29, 0.717) is 103 Å². The first kappa shape index (κ1) is 45.6. The number of benzene rings is 2. The average Bonchev–Trinajstić information content (AvgIpc) is 3.27. The summed E-state index contributed by atoms with van der Waals surface area (Å²) < 4.78 is 93.1. The molecule has 2 saturated heterocycles. The Bertz CT molecular complexity index is 2630. The van der Waals surface area contributed by atoms with Crippen LogP contribution in [-0.4, -0.2) is 89.2 Å². The van der Waals surface area contributed by atoms with Crippen molar-refractivity contribution in [3.8, 4) is 5.75 Å². The van der Waals surface area contributed by atoms with Crippen LogP contribution < -0.4 is 20.3 Å². The molecular formula is C46H46F6N8O4. The number of fused-ring (bicyclic) bond motifs is 2. The van der Waals surface area contributed by atoms with Gasteiger partial charge in [0.2, 0.25) is 0 Å². The zero-order chi connectivity index (χ0) is 45.6. The summed E-state index contributed by atoms with van der Waals surface area (Å²) in [4.78, 5) is 46.2. The van der Waals surface area contributed by atoms with Gasteiger partial charge in [0.1, 0.15) is 11.9 Å². The normalized spacial score (nSPS) is 15.1. The lowest BCUT2D eigenvalue weighted by Gasteiger charge is -2.35. The maximum absolute atomic E-state index is 13.8. The number of anilines is 1. The fraction of sp³-hybridized carbons (Fsp3) is 0.348. The maximum Gasteiger partial charge on any atom is 0.419 e. The summed E-state index contributed by atoms with van der Waals surface area (Å²) in [7, 11) is 1.96. The molecule has 4 aromatic heterocycles. The van der Waals surface area contributed by atoms with Crippen molar-refractivity contribution in [2.75, 3.05) is 51.3 Å². The number of amides is 2. The number of likely N-dealkylation sites (N-methyl/N-ethyl adjacent to an activating group) is 1. The zero-order valence-electron chi connectivity index (χ0n) is 35.3. The third-order valence-electron chi connectivity index (χ3n) is 11.0. The lowest BCUT2D eigenvalue weighted by Crippen LogP contribution is -2.45. The highest BCUT2D eigenvalue weighted by Crippen LogP contribution is 2.39. The second-order valence-electron chi connectivity index (χ2n) is 15.6. The summed E-state index contributed by atoms with van der Waals surface area (Å²) in [5, 5.41) is 6.82. The molecule has 18 heteroatoms. The Morgan fingerprint density at radius 3 is 1.72 bits per heavy atom. The van der Waals surface area contributed by atoms with E-state index in [1.54, 1.807) is 73.6 Å². The van der Waals surface area contributed by atoms with Crippen LogP contribution in [0.15, 0.2) is 85.2 Å². The number of aryl methyl sites for hydroxylation is 2. The molecule has 2 amide bonds. The van der Waals surface area contributed by atoms with E-state index >= 15 is 0 Å². The van der Waals surface area contributed by atoms with E-state index in [0.717, 1.165) is 17.5 Å². The van der Waals surface area contributed by atoms with Crippen LogP contribution in [-0.2, 0) is 30.2 Å². The van der Waals surface area contributed by atoms with E-state index < -0.39 is 35.3 Å². The van der Waals surface area contributed by atoms with Gasteiger partial charge in [0, 0.05) is 81.0 Å². The van der Waals surface area contributed by atoms with Crippen molar-refractivity contribution in [1.82, 2.24) is 35.5 Å². The standard InChI is InChI=1S/C23H24F3N5O.C23H22F3N3O3/c1-15-18(13-17-4-3-7-27-21(17)29-15)22(32)28-14-16-5-6-20(19(12-16)23(24,25)26)31-10-8-30(2)9-11-31;1-14-18(12-16-3-2-8-27-21(16)29-14)22(30)28-13-15-4-5-20(19(11-15)23(24,25)26)32-17-6-9-31-10-7-17/h3-7,12-13H,8-11,14H2,1-2H3,(H,28,32);2-5,8,11-12,17H,6-7,9-10,13H2,1H3,(H,28,30). The number of nitrogens with zero attached hydrogens (tertiary/aromatic N) is 6. The second kappa shape index (κ2) is 19.6. The molecule has 2 aliphatic heterocycles. The predicted octanol–water partition coefficient (Wildman–Crippen LogP) is 8.08. The number of nitrogens with one attached hydrogen (secondary N) is 2. The van der Waals surface area contributed by atoms with Gasteiger partial charge in [-0.2, -0.15) is 26.3 Å². The Hall–Kier alpha value is -6.40. The summed E-state index contributed by atoms with van der Waals surface area (Å²) in [5.41, 5.74) is 2.13. The van der Waals surface area contributed by atoms with Crippen LogP contribution in [0.5, 0.6) is 5.75 Å². The Balaban J connectivity index is 0.000000191. The fourth-order valence-corrected chi connectivity index (χ4v) is 7.43. The predicted molar refractivity (Wildman–Crippen MR) is 228 cm³/mol. The number of hydrogen-bond donors (Lipinski definition) is 2. The van der Waals surface area contributed by atoms with E-state index in [1.807, 2.05) is 7.05 Å². The summed E-state index contributed by atoms with van der Waals surface area (Å²) in [5.74, 6) is -1.02. The molecule has 0 radical (unpaired) electrons. The molecule has 0 atom stereocenters. The molecule has 2 N–H and O–H groups in total. The van der Waals surface area contributed by atoms with Crippen molar-refractivity contribution in [1.29, 1.82) is 0 Å². The van der Waals surface area contributed by atoms with Crippen LogP contribution in [0.3, 0.4) is 0 Å². The molecule has 2 fully saturated rings. The number of carbonyl (C=O) groups is 2. The third kappa shape index (κ3) is 11.2. The van der Waals surface area contributed by atoms with Gasteiger partial charge < -0.3 is 29.9 Å². The molecule has 2 aromatic carbocycles. The number of ether oxygens (including phenoxy) is 2. The minimum Gasteiger partial charge on any atom is -0.490 e. The van der Waals surface area contributed by atoms with E-state index in [2.05, 4.69) is 35.5 Å². The second-order valence-corrected chi connectivity index (χ2v) is 15.6. The van der Waals surface area contributed by atoms with E-state index in [9.17, 15) is 35.9 Å². The van der Waals surface area contributed by atoms with Crippen LogP contribution in [0.2, 0.25) is 0 Å². The average molecular weight is 889 g/mol. The molecule has 336 valence electrons. The van der Waals surface area contributed by atoms with Crippen LogP contribution >= 0.6 is 0 Å². The van der Waals surface area contributed by atoms with Crippen molar-refractivity contribution in [2.24, 2.45) is 0 Å². The fourth-order valence-electron chi connectivity index (χ4n) is 7.43. The van der Waals surface area contributed by atoms with Crippen LogP contribution in [0.25, 0.3) is 22.1 Å². The highest BCUT2D eigenvalue weighted by atomic mass is 19.4. The molecule has 12 nitrogen and oxygen atoms in total. The van der Waals surface area contributed by atoms with Crippen molar-refractivity contribution in [2.45, 2.75) is 58.2 Å². The molecule has 0 bridgehead atoms. The quantitative estimate of drug-likeness (QED) is 0.137. The Morgan fingerprint density at radius 1 is 0.703 bits per heavy atom. The highest BCUT2D eigenvalue weighted by Gasteiger charge is 2.37. The molecule has 0 aliphatic carbocycles. The molecule has 64 heavy (non-hydrogen) atoms. The summed E-state index contributed by atoms with van der Waals surface area (Å²) in [6.07, 6.45) is -5.04. The number of piperazine rings is 1. The van der Waals surface area contributed by atoms with Crippen LogP contribution in [0, 0.1) is 13.8 Å². The molecule has 8 rings (SSSR count). The monoisotopic (exact) mass is 888 g/mol. The third-order valence-corrected chi connectivity index (χ3v) is 11.0. The number of aromatic nitrogens is 4. The molecule has 0 unspecified atom stereocenters. The first-order valence-corrected chi connectivity index (χ1v) is 20.6.